The third-order valence-corrected chi connectivity index (χ3v) is 5.77. The number of hydrogen-bond donors (Lipinski definition) is 0. The molecule has 0 fully saturated rings. The van der Waals surface area contributed by atoms with Gasteiger partial charge in [-0.05, 0) is 53.2 Å². The molecule has 0 unspecified atom stereocenters. The lowest BCUT2D eigenvalue weighted by molar-refractivity contribution is 0.0766. The lowest BCUT2D eigenvalue weighted by atomic mass is 10.0. The van der Waals surface area contributed by atoms with Crippen LogP contribution in [0.2, 0.25) is 0 Å². The van der Waals surface area contributed by atoms with Gasteiger partial charge in [0.2, 0.25) is 0 Å². The summed E-state index contributed by atoms with van der Waals surface area (Å²) in [5, 5.41) is 0. The maximum atomic E-state index is 13.1. The molecular weight excluding hydrogens is 394 g/mol. The van der Waals surface area contributed by atoms with Crippen molar-refractivity contribution in [2.45, 2.75) is 41.5 Å². The molecule has 0 N–H and O–H groups in total. The molecule has 0 bridgehead atoms. The quantitative estimate of drug-likeness (QED) is 0.562. The maximum absolute atomic E-state index is 13.1. The first kappa shape index (κ1) is 22.5. The normalized spacial score (nSPS) is 11.2. The highest BCUT2D eigenvalue weighted by Crippen LogP contribution is 2.33. The van der Waals surface area contributed by atoms with Gasteiger partial charge >= 0.3 is 0 Å². The number of hydrogen-bond acceptors (Lipinski definition) is 5. The van der Waals surface area contributed by atoms with E-state index in [1.54, 1.807) is 22.8 Å². The van der Waals surface area contributed by atoms with Crippen LogP contribution in [0.3, 0.4) is 0 Å². The molecule has 0 saturated carbocycles. The lowest BCUT2D eigenvalue weighted by Crippen LogP contribution is -2.32. The molecule has 3 rings (SSSR count). The number of carbonyl (C=O) groups is 2. The third-order valence-electron chi connectivity index (χ3n) is 5.77. The Balaban J connectivity index is 2.40. The number of carbonyl (C=O) groups excluding carboxylic acids is 2. The van der Waals surface area contributed by atoms with Gasteiger partial charge < -0.3 is 14.2 Å². The molecule has 0 radical (unpaired) electrons. The fourth-order valence-corrected chi connectivity index (χ4v) is 3.78. The molecule has 1 aliphatic carbocycles. The molecule has 7 heteroatoms. The second-order valence-electron chi connectivity index (χ2n) is 7.50. The van der Waals surface area contributed by atoms with Crippen LogP contribution in [0, 0.1) is 13.8 Å². The number of aryl methyl sites for hydroxylation is 1. The summed E-state index contributed by atoms with van der Waals surface area (Å²) in [4.78, 5) is 47.0. The largest absolute Gasteiger partial charge is 0.452 e. The van der Waals surface area contributed by atoms with E-state index in [-0.39, 0.29) is 28.6 Å². The highest BCUT2D eigenvalue weighted by molar-refractivity contribution is 6.06. The Labute approximate surface area is 182 Å². The van der Waals surface area contributed by atoms with Gasteiger partial charge in [0, 0.05) is 37.8 Å². The molecule has 164 valence electrons. The topological polar surface area (TPSA) is 83.7 Å². The Morgan fingerprint density at radius 1 is 0.903 bits per heavy atom. The van der Waals surface area contributed by atoms with Gasteiger partial charge in [-0.3, -0.25) is 14.4 Å². The zero-order valence-electron chi connectivity index (χ0n) is 19.0. The van der Waals surface area contributed by atoms with E-state index in [4.69, 9.17) is 9.40 Å². The van der Waals surface area contributed by atoms with Crippen molar-refractivity contribution in [3.8, 4) is 11.5 Å². The number of benzene rings is 2. The highest BCUT2D eigenvalue weighted by Gasteiger charge is 2.27. The van der Waals surface area contributed by atoms with E-state index in [2.05, 4.69) is 0 Å². The van der Waals surface area contributed by atoms with E-state index in [0.717, 1.165) is 5.56 Å². The Kier molecular flexibility index (Phi) is 6.43. The zero-order valence-corrected chi connectivity index (χ0v) is 19.0. The van der Waals surface area contributed by atoms with Crippen LogP contribution in [0.4, 0.5) is 0 Å². The van der Waals surface area contributed by atoms with Gasteiger partial charge in [0.05, 0.1) is 11.1 Å². The van der Waals surface area contributed by atoms with Gasteiger partial charge in [-0.15, -0.1) is 0 Å². The molecule has 1 aromatic carbocycles. The van der Waals surface area contributed by atoms with Gasteiger partial charge in [0.1, 0.15) is 11.2 Å². The van der Waals surface area contributed by atoms with Crippen molar-refractivity contribution in [3.05, 3.63) is 50.7 Å². The number of amides is 2. The zero-order chi connectivity index (χ0) is 22.9. The summed E-state index contributed by atoms with van der Waals surface area (Å²) in [6, 6.07) is 4.89. The van der Waals surface area contributed by atoms with E-state index in [1.165, 1.54) is 6.07 Å². The van der Waals surface area contributed by atoms with Crippen LogP contribution in [0.5, 0.6) is 0 Å². The minimum atomic E-state index is -0.279. The summed E-state index contributed by atoms with van der Waals surface area (Å²) in [7, 11) is 0. The van der Waals surface area contributed by atoms with Crippen molar-refractivity contribution in [1.29, 1.82) is 0 Å². The summed E-state index contributed by atoms with van der Waals surface area (Å²) in [6.07, 6.45) is 0. The van der Waals surface area contributed by atoms with Crippen LogP contribution in [0.1, 0.15) is 59.5 Å². The predicted octanol–water partition coefficient (Wildman–Crippen LogP) is 3.87. The van der Waals surface area contributed by atoms with Gasteiger partial charge in [0.25, 0.3) is 11.8 Å². The van der Waals surface area contributed by atoms with Crippen LogP contribution in [-0.2, 0) is 0 Å². The fourth-order valence-electron chi connectivity index (χ4n) is 3.78. The summed E-state index contributed by atoms with van der Waals surface area (Å²) in [5.74, 6) is -0.143. The van der Waals surface area contributed by atoms with Crippen LogP contribution < -0.4 is 5.43 Å². The first-order chi connectivity index (χ1) is 14.8. The molecule has 7 nitrogen and oxygen atoms in total. The van der Waals surface area contributed by atoms with E-state index in [1.807, 2.05) is 40.7 Å². The van der Waals surface area contributed by atoms with Crippen molar-refractivity contribution in [3.63, 3.8) is 0 Å². The minimum absolute atomic E-state index is 0.147. The summed E-state index contributed by atoms with van der Waals surface area (Å²) < 4.78 is 6.16. The van der Waals surface area contributed by atoms with Gasteiger partial charge in [-0.25, -0.2) is 4.98 Å². The average molecular weight is 424 g/mol. The summed E-state index contributed by atoms with van der Waals surface area (Å²) in [5.41, 5.74) is 2.68. The molecule has 2 aliphatic rings. The lowest BCUT2D eigenvalue weighted by Gasteiger charge is -2.22. The van der Waals surface area contributed by atoms with Crippen LogP contribution in [0.15, 0.2) is 27.4 Å². The van der Waals surface area contributed by atoms with Crippen molar-refractivity contribution in [1.82, 2.24) is 14.8 Å². The van der Waals surface area contributed by atoms with Crippen molar-refractivity contribution in [2.24, 2.45) is 0 Å². The first-order valence-electron chi connectivity index (χ1n) is 10.7. The van der Waals surface area contributed by atoms with E-state index >= 15 is 0 Å². The van der Waals surface area contributed by atoms with Crippen molar-refractivity contribution in [2.75, 3.05) is 26.2 Å². The van der Waals surface area contributed by atoms with Gasteiger partial charge in [-0.2, -0.15) is 0 Å². The fraction of sp³-hybridized carbons (Fsp3) is 0.417. The number of fused-ring (bicyclic) bond motifs is 2. The molecular formula is C24H29N3O4. The summed E-state index contributed by atoms with van der Waals surface area (Å²) in [6.45, 7) is 13.3. The Hall–Kier alpha value is -3.22. The van der Waals surface area contributed by atoms with Crippen LogP contribution in [0.25, 0.3) is 22.6 Å². The van der Waals surface area contributed by atoms with Crippen LogP contribution in [-0.4, -0.2) is 52.8 Å². The van der Waals surface area contributed by atoms with Crippen molar-refractivity contribution < 1.29 is 14.0 Å². The smallest absolute Gasteiger partial charge is 0.256 e. The Morgan fingerprint density at radius 3 is 2.00 bits per heavy atom. The average Bonchev–Trinajstić information content (AvgIpc) is 2.77. The van der Waals surface area contributed by atoms with E-state index < -0.39 is 0 Å². The second-order valence-corrected chi connectivity index (χ2v) is 7.50. The Morgan fingerprint density at radius 2 is 1.45 bits per heavy atom. The molecule has 1 aliphatic heterocycles. The highest BCUT2D eigenvalue weighted by atomic mass is 16.3. The van der Waals surface area contributed by atoms with Gasteiger partial charge in [0.15, 0.2) is 16.8 Å². The first-order valence-corrected chi connectivity index (χ1v) is 10.7. The molecule has 1 aromatic rings. The predicted molar refractivity (Wildman–Crippen MR) is 121 cm³/mol. The molecule has 0 atom stereocenters. The van der Waals surface area contributed by atoms with Crippen molar-refractivity contribution >= 4 is 22.9 Å². The minimum Gasteiger partial charge on any atom is -0.452 e. The molecule has 0 saturated heterocycles. The SMILES string of the molecule is CCN(CC)C(=O)c1cc(=O)c(C)c2oc3c(C)ccc(C(=O)N(CC)CC)c3nc1-2. The van der Waals surface area contributed by atoms with Crippen LogP contribution >= 0.6 is 0 Å². The maximum Gasteiger partial charge on any atom is 0.256 e. The van der Waals surface area contributed by atoms with E-state index in [9.17, 15) is 14.4 Å². The molecule has 1 heterocycles. The molecule has 31 heavy (non-hydrogen) atoms. The molecule has 0 aromatic heterocycles. The van der Waals surface area contributed by atoms with E-state index in [0.29, 0.717) is 54.1 Å². The number of rotatable bonds is 6. The number of nitrogens with zero attached hydrogens (tertiary/aromatic N) is 3. The molecule has 2 amide bonds. The monoisotopic (exact) mass is 423 g/mol. The van der Waals surface area contributed by atoms with Gasteiger partial charge in [-0.1, -0.05) is 6.07 Å². The standard InChI is InChI=1S/C24H29N3O4/c1-7-26(8-2)23(29)16-12-11-14(5)21-19(16)25-20-17(24(30)27(9-3)10-4)13-18(28)15(6)22(20)31-21/h11-13H,7-10H2,1-6H3. The second kappa shape index (κ2) is 8.88. The number of aromatic nitrogens is 1. The third kappa shape index (κ3) is 3.80. The Bertz CT molecular complexity index is 1170. The molecule has 0 spiro atoms. The summed E-state index contributed by atoms with van der Waals surface area (Å²) >= 11 is 0.